The van der Waals surface area contributed by atoms with Crippen molar-refractivity contribution in [2.24, 2.45) is 0 Å². The second-order valence-electron chi connectivity index (χ2n) is 4.92. The summed E-state index contributed by atoms with van der Waals surface area (Å²) in [5, 5.41) is 3.53. The number of nitrogens with one attached hydrogen (secondary N) is 1. The maximum atomic E-state index is 3.53. The van der Waals surface area contributed by atoms with Gasteiger partial charge in [0.15, 0.2) is 0 Å². The number of hydrogen-bond acceptors (Lipinski definition) is 2. The fourth-order valence-electron chi connectivity index (χ4n) is 1.41. The number of thioether (sulfide) groups is 1. The monoisotopic (exact) mass is 223 g/mol. The fraction of sp³-hybridized carbons (Fsp3) is 0.538. The molecule has 0 spiro atoms. The van der Waals surface area contributed by atoms with Gasteiger partial charge in [-0.05, 0) is 45.6 Å². The molecule has 15 heavy (non-hydrogen) atoms. The molecule has 0 radical (unpaired) electrons. The SMILES string of the molecule is CSc1ccc(C)cc1CNC(C)(C)C. The van der Waals surface area contributed by atoms with Crippen LogP contribution >= 0.6 is 11.8 Å². The second kappa shape index (κ2) is 5.04. The zero-order chi connectivity index (χ0) is 11.5. The standard InChI is InChI=1S/C13H21NS/c1-10-6-7-12(15-5)11(8-10)9-14-13(2,3)4/h6-8,14H,9H2,1-5H3. The van der Waals surface area contributed by atoms with Crippen molar-refractivity contribution < 1.29 is 0 Å². The molecule has 1 N–H and O–H groups in total. The Kier molecular flexibility index (Phi) is 4.23. The van der Waals surface area contributed by atoms with Crippen molar-refractivity contribution >= 4 is 11.8 Å². The van der Waals surface area contributed by atoms with Crippen molar-refractivity contribution in [3.05, 3.63) is 29.3 Å². The quantitative estimate of drug-likeness (QED) is 0.786. The third kappa shape index (κ3) is 4.27. The molecule has 1 rings (SSSR count). The number of aryl methyl sites for hydroxylation is 1. The summed E-state index contributed by atoms with van der Waals surface area (Å²) in [6.45, 7) is 9.68. The molecule has 0 atom stereocenters. The van der Waals surface area contributed by atoms with Gasteiger partial charge in [-0.2, -0.15) is 0 Å². The molecule has 0 heterocycles. The minimum Gasteiger partial charge on any atom is -0.308 e. The summed E-state index contributed by atoms with van der Waals surface area (Å²) in [4.78, 5) is 1.37. The number of benzene rings is 1. The van der Waals surface area contributed by atoms with Gasteiger partial charge in [0.1, 0.15) is 0 Å². The Labute approximate surface area is 97.7 Å². The van der Waals surface area contributed by atoms with E-state index in [0.29, 0.717) is 0 Å². The highest BCUT2D eigenvalue weighted by atomic mass is 32.2. The maximum Gasteiger partial charge on any atom is 0.0221 e. The van der Waals surface area contributed by atoms with Gasteiger partial charge < -0.3 is 5.32 Å². The Morgan fingerprint density at radius 3 is 2.47 bits per heavy atom. The normalized spacial score (nSPS) is 11.8. The Morgan fingerprint density at radius 1 is 1.27 bits per heavy atom. The summed E-state index contributed by atoms with van der Waals surface area (Å²) < 4.78 is 0. The lowest BCUT2D eigenvalue weighted by molar-refractivity contribution is 0.422. The van der Waals surface area contributed by atoms with Crippen LogP contribution in [0.15, 0.2) is 23.1 Å². The van der Waals surface area contributed by atoms with Gasteiger partial charge in [-0.25, -0.2) is 0 Å². The Morgan fingerprint density at radius 2 is 1.93 bits per heavy atom. The third-order valence-electron chi connectivity index (χ3n) is 2.25. The second-order valence-corrected chi connectivity index (χ2v) is 5.77. The maximum absolute atomic E-state index is 3.53. The van der Waals surface area contributed by atoms with Crippen LogP contribution in [0.25, 0.3) is 0 Å². The van der Waals surface area contributed by atoms with Crippen LogP contribution in [0.1, 0.15) is 31.9 Å². The van der Waals surface area contributed by atoms with Crippen LogP contribution in [0.4, 0.5) is 0 Å². The molecule has 0 bridgehead atoms. The van der Waals surface area contributed by atoms with Gasteiger partial charge >= 0.3 is 0 Å². The molecular formula is C13H21NS. The van der Waals surface area contributed by atoms with E-state index in [4.69, 9.17) is 0 Å². The first kappa shape index (κ1) is 12.6. The molecule has 2 heteroatoms. The van der Waals surface area contributed by atoms with Crippen molar-refractivity contribution in [3.63, 3.8) is 0 Å². The molecule has 0 aliphatic rings. The zero-order valence-corrected chi connectivity index (χ0v) is 11.2. The lowest BCUT2D eigenvalue weighted by Crippen LogP contribution is -2.35. The molecule has 0 aliphatic heterocycles. The van der Waals surface area contributed by atoms with Gasteiger partial charge in [-0.1, -0.05) is 17.7 Å². The van der Waals surface area contributed by atoms with Gasteiger partial charge in [0.25, 0.3) is 0 Å². The highest BCUT2D eigenvalue weighted by molar-refractivity contribution is 7.98. The first-order valence-corrected chi connectivity index (χ1v) is 6.53. The van der Waals surface area contributed by atoms with Crippen LogP contribution in [0, 0.1) is 6.92 Å². The van der Waals surface area contributed by atoms with E-state index in [-0.39, 0.29) is 5.54 Å². The third-order valence-corrected chi connectivity index (χ3v) is 3.08. The van der Waals surface area contributed by atoms with Crippen LogP contribution in [0.3, 0.4) is 0 Å². The molecular weight excluding hydrogens is 202 g/mol. The van der Waals surface area contributed by atoms with Crippen LogP contribution < -0.4 is 5.32 Å². The summed E-state index contributed by atoms with van der Waals surface area (Å²) in [6.07, 6.45) is 2.13. The van der Waals surface area contributed by atoms with E-state index in [0.717, 1.165) is 6.54 Å². The van der Waals surface area contributed by atoms with Crippen molar-refractivity contribution in [1.82, 2.24) is 5.32 Å². The van der Waals surface area contributed by atoms with Crippen LogP contribution in [-0.2, 0) is 6.54 Å². The lowest BCUT2D eigenvalue weighted by Gasteiger charge is -2.21. The smallest absolute Gasteiger partial charge is 0.0221 e. The molecule has 1 aromatic carbocycles. The molecule has 0 saturated heterocycles. The zero-order valence-electron chi connectivity index (χ0n) is 10.3. The van der Waals surface area contributed by atoms with E-state index >= 15 is 0 Å². The first-order valence-electron chi connectivity index (χ1n) is 5.31. The number of rotatable bonds is 3. The molecule has 1 aromatic rings. The molecule has 0 saturated carbocycles. The minimum atomic E-state index is 0.180. The van der Waals surface area contributed by atoms with Gasteiger partial charge in [0.05, 0.1) is 0 Å². The summed E-state index contributed by atoms with van der Waals surface area (Å²) in [5.74, 6) is 0. The predicted molar refractivity (Wildman–Crippen MR) is 69.6 cm³/mol. The molecule has 0 aliphatic carbocycles. The molecule has 0 unspecified atom stereocenters. The molecule has 0 fully saturated rings. The summed E-state index contributed by atoms with van der Waals surface area (Å²) in [5.41, 5.74) is 2.91. The molecule has 84 valence electrons. The van der Waals surface area contributed by atoms with Crippen molar-refractivity contribution in [2.45, 2.75) is 44.7 Å². The van der Waals surface area contributed by atoms with E-state index in [2.05, 4.69) is 57.5 Å². The average molecular weight is 223 g/mol. The fourth-order valence-corrected chi connectivity index (χ4v) is 2.00. The van der Waals surface area contributed by atoms with E-state index in [9.17, 15) is 0 Å². The van der Waals surface area contributed by atoms with E-state index in [1.807, 2.05) is 11.8 Å². The Bertz CT molecular complexity index is 326. The Balaban J connectivity index is 2.79. The number of hydrogen-bond donors (Lipinski definition) is 1. The average Bonchev–Trinajstić information content (AvgIpc) is 2.14. The van der Waals surface area contributed by atoms with E-state index in [1.54, 1.807) is 0 Å². The van der Waals surface area contributed by atoms with Crippen LogP contribution in [0.2, 0.25) is 0 Å². The predicted octanol–water partition coefficient (Wildman–Crippen LogP) is 3.61. The summed E-state index contributed by atoms with van der Waals surface area (Å²) >= 11 is 1.81. The summed E-state index contributed by atoms with van der Waals surface area (Å²) in [7, 11) is 0. The minimum absolute atomic E-state index is 0.180. The van der Waals surface area contributed by atoms with Crippen molar-refractivity contribution in [3.8, 4) is 0 Å². The highest BCUT2D eigenvalue weighted by Gasteiger charge is 2.10. The Hall–Kier alpha value is -0.470. The molecule has 1 nitrogen and oxygen atoms in total. The van der Waals surface area contributed by atoms with Crippen molar-refractivity contribution in [1.29, 1.82) is 0 Å². The van der Waals surface area contributed by atoms with Crippen LogP contribution in [0.5, 0.6) is 0 Å². The van der Waals surface area contributed by atoms with E-state index in [1.165, 1.54) is 16.0 Å². The lowest BCUT2D eigenvalue weighted by atomic mass is 10.1. The van der Waals surface area contributed by atoms with Gasteiger partial charge in [0.2, 0.25) is 0 Å². The van der Waals surface area contributed by atoms with Crippen LogP contribution in [-0.4, -0.2) is 11.8 Å². The first-order chi connectivity index (χ1) is 6.92. The van der Waals surface area contributed by atoms with E-state index < -0.39 is 0 Å². The molecule has 0 aromatic heterocycles. The van der Waals surface area contributed by atoms with Crippen molar-refractivity contribution in [2.75, 3.05) is 6.26 Å². The topological polar surface area (TPSA) is 12.0 Å². The summed E-state index contributed by atoms with van der Waals surface area (Å²) in [6, 6.07) is 6.65. The largest absolute Gasteiger partial charge is 0.308 e. The van der Waals surface area contributed by atoms with Gasteiger partial charge in [-0.15, -0.1) is 11.8 Å². The van der Waals surface area contributed by atoms with Gasteiger partial charge in [0, 0.05) is 17.0 Å². The van der Waals surface area contributed by atoms with Gasteiger partial charge in [-0.3, -0.25) is 0 Å². The highest BCUT2D eigenvalue weighted by Crippen LogP contribution is 2.21. The molecule has 0 amide bonds.